The molecule has 78 valence electrons. The van der Waals surface area contributed by atoms with Gasteiger partial charge in [0.05, 0.1) is 5.69 Å². The van der Waals surface area contributed by atoms with Crippen LogP contribution in [0.4, 0.5) is 4.39 Å². The van der Waals surface area contributed by atoms with Crippen LogP contribution in [0, 0.1) is 19.7 Å². The summed E-state index contributed by atoms with van der Waals surface area (Å²) in [5.74, 6) is -1.62. The highest BCUT2D eigenvalue weighted by Crippen LogP contribution is 2.17. The highest BCUT2D eigenvalue weighted by molar-refractivity contribution is 5.88. The number of carboxylic acids is 1. The van der Waals surface area contributed by atoms with Crippen LogP contribution in [0.1, 0.15) is 21.9 Å². The summed E-state index contributed by atoms with van der Waals surface area (Å²) in [6, 6.07) is 2.80. The Morgan fingerprint density at radius 2 is 2.13 bits per heavy atom. The average molecular weight is 208 g/mol. The molecule has 0 aliphatic heterocycles. The van der Waals surface area contributed by atoms with Gasteiger partial charge in [-0.3, -0.25) is 4.40 Å². The van der Waals surface area contributed by atoms with E-state index in [9.17, 15) is 9.18 Å². The Hall–Kier alpha value is -1.91. The molecule has 0 aliphatic rings. The number of aromatic nitrogens is 2. The fourth-order valence-electron chi connectivity index (χ4n) is 1.63. The van der Waals surface area contributed by atoms with Crippen LogP contribution in [0.25, 0.3) is 5.65 Å². The van der Waals surface area contributed by atoms with Gasteiger partial charge in [-0.25, -0.2) is 14.2 Å². The number of rotatable bonds is 1. The van der Waals surface area contributed by atoms with Gasteiger partial charge in [0.2, 0.25) is 0 Å². The van der Waals surface area contributed by atoms with E-state index in [2.05, 4.69) is 4.98 Å². The van der Waals surface area contributed by atoms with Crippen LogP contribution in [0.5, 0.6) is 0 Å². The van der Waals surface area contributed by atoms with Crippen molar-refractivity contribution in [3.8, 4) is 0 Å². The first kappa shape index (κ1) is 9.64. The van der Waals surface area contributed by atoms with Crippen LogP contribution in [0.15, 0.2) is 12.1 Å². The van der Waals surface area contributed by atoms with Crippen molar-refractivity contribution in [3.05, 3.63) is 35.0 Å². The first-order valence-corrected chi connectivity index (χ1v) is 4.40. The molecule has 15 heavy (non-hydrogen) atoms. The molecular formula is C10H9FN2O2. The fourth-order valence-corrected chi connectivity index (χ4v) is 1.63. The normalized spacial score (nSPS) is 10.9. The van der Waals surface area contributed by atoms with Gasteiger partial charge in [0.15, 0.2) is 17.2 Å². The van der Waals surface area contributed by atoms with Crippen molar-refractivity contribution in [1.82, 2.24) is 9.38 Å². The highest BCUT2D eigenvalue weighted by atomic mass is 19.1. The molecule has 0 spiro atoms. The standard InChI is InChI=1S/C10H9FN2O2/c1-5-3-4-7(11)9-12-6(2)8(10(14)15)13(5)9/h3-4H,1-2H3,(H,14,15). The van der Waals surface area contributed by atoms with E-state index < -0.39 is 11.8 Å². The van der Waals surface area contributed by atoms with E-state index in [0.29, 0.717) is 11.4 Å². The summed E-state index contributed by atoms with van der Waals surface area (Å²) in [7, 11) is 0. The predicted molar refractivity (Wildman–Crippen MR) is 51.6 cm³/mol. The molecule has 0 saturated heterocycles. The number of carbonyl (C=O) groups is 1. The predicted octanol–water partition coefficient (Wildman–Crippen LogP) is 1.79. The Kier molecular flexibility index (Phi) is 1.96. The van der Waals surface area contributed by atoms with Gasteiger partial charge in [0.1, 0.15) is 0 Å². The summed E-state index contributed by atoms with van der Waals surface area (Å²) in [6.07, 6.45) is 0. The molecule has 5 heteroatoms. The minimum absolute atomic E-state index is 0.0157. The fraction of sp³-hybridized carbons (Fsp3) is 0.200. The van der Waals surface area contributed by atoms with Crippen molar-refractivity contribution < 1.29 is 14.3 Å². The van der Waals surface area contributed by atoms with Crippen LogP contribution >= 0.6 is 0 Å². The zero-order valence-corrected chi connectivity index (χ0v) is 8.28. The lowest BCUT2D eigenvalue weighted by Crippen LogP contribution is -2.06. The van der Waals surface area contributed by atoms with Gasteiger partial charge >= 0.3 is 5.97 Å². The number of pyridine rings is 1. The largest absolute Gasteiger partial charge is 0.477 e. The van der Waals surface area contributed by atoms with Crippen molar-refractivity contribution in [1.29, 1.82) is 0 Å². The number of imidazole rings is 1. The molecule has 4 nitrogen and oxygen atoms in total. The third-order valence-corrected chi connectivity index (χ3v) is 2.29. The Bertz CT molecular complexity index is 560. The maximum atomic E-state index is 13.3. The van der Waals surface area contributed by atoms with E-state index in [1.165, 1.54) is 16.5 Å². The molecule has 2 aromatic rings. The highest BCUT2D eigenvalue weighted by Gasteiger charge is 2.18. The lowest BCUT2D eigenvalue weighted by atomic mass is 10.3. The topological polar surface area (TPSA) is 54.6 Å². The van der Waals surface area contributed by atoms with Crippen molar-refractivity contribution in [2.24, 2.45) is 0 Å². The molecule has 0 radical (unpaired) electrons. The van der Waals surface area contributed by atoms with Gasteiger partial charge in [0.25, 0.3) is 0 Å². The second-order valence-electron chi connectivity index (χ2n) is 3.33. The Balaban J connectivity index is 2.98. The number of aryl methyl sites for hydroxylation is 2. The molecule has 1 N–H and O–H groups in total. The third-order valence-electron chi connectivity index (χ3n) is 2.29. The maximum absolute atomic E-state index is 13.3. The smallest absolute Gasteiger partial charge is 0.354 e. The second kappa shape index (κ2) is 3.05. The van der Waals surface area contributed by atoms with Crippen LogP contribution in [0.3, 0.4) is 0 Å². The number of halogens is 1. The monoisotopic (exact) mass is 208 g/mol. The van der Waals surface area contributed by atoms with E-state index in [1.807, 2.05) is 0 Å². The first-order valence-electron chi connectivity index (χ1n) is 4.40. The van der Waals surface area contributed by atoms with Gasteiger partial charge in [-0.1, -0.05) is 0 Å². The first-order chi connectivity index (χ1) is 7.02. The molecule has 0 atom stereocenters. The quantitative estimate of drug-likeness (QED) is 0.777. The number of fused-ring (bicyclic) bond motifs is 1. The second-order valence-corrected chi connectivity index (χ2v) is 3.33. The lowest BCUT2D eigenvalue weighted by molar-refractivity contribution is 0.0688. The molecule has 0 aliphatic carbocycles. The van der Waals surface area contributed by atoms with Crippen molar-refractivity contribution in [3.63, 3.8) is 0 Å². The Morgan fingerprint density at radius 3 is 2.73 bits per heavy atom. The van der Waals surface area contributed by atoms with Crippen LogP contribution < -0.4 is 0 Å². The van der Waals surface area contributed by atoms with E-state index in [0.717, 1.165) is 0 Å². The summed E-state index contributed by atoms with van der Waals surface area (Å²) in [6.45, 7) is 3.26. The van der Waals surface area contributed by atoms with E-state index in [1.54, 1.807) is 13.8 Å². The number of carboxylic acid groups (broad SMARTS) is 1. The van der Waals surface area contributed by atoms with Crippen LogP contribution in [0.2, 0.25) is 0 Å². The molecular weight excluding hydrogens is 199 g/mol. The lowest BCUT2D eigenvalue weighted by Gasteiger charge is -2.02. The van der Waals surface area contributed by atoms with Gasteiger partial charge in [-0.2, -0.15) is 0 Å². The molecule has 2 heterocycles. The third kappa shape index (κ3) is 1.27. The van der Waals surface area contributed by atoms with Gasteiger partial charge in [0, 0.05) is 5.69 Å². The number of aromatic carboxylic acids is 1. The summed E-state index contributed by atoms with van der Waals surface area (Å²) in [4.78, 5) is 14.9. The maximum Gasteiger partial charge on any atom is 0.354 e. The molecule has 0 aromatic carbocycles. The van der Waals surface area contributed by atoms with Crippen molar-refractivity contribution >= 4 is 11.6 Å². The SMILES string of the molecule is Cc1nc2c(F)ccc(C)n2c1C(=O)O. The minimum atomic E-state index is -1.10. The summed E-state index contributed by atoms with van der Waals surface area (Å²) in [5.41, 5.74) is 1.03. The van der Waals surface area contributed by atoms with Crippen molar-refractivity contribution in [2.45, 2.75) is 13.8 Å². The minimum Gasteiger partial charge on any atom is -0.477 e. The summed E-state index contributed by atoms with van der Waals surface area (Å²) in [5, 5.41) is 8.98. The van der Waals surface area contributed by atoms with E-state index in [4.69, 9.17) is 5.11 Å². The van der Waals surface area contributed by atoms with E-state index in [-0.39, 0.29) is 11.3 Å². The number of hydrogen-bond acceptors (Lipinski definition) is 2. The molecule has 0 amide bonds. The number of nitrogens with zero attached hydrogens (tertiary/aromatic N) is 2. The summed E-state index contributed by atoms with van der Waals surface area (Å²) < 4.78 is 14.7. The zero-order valence-electron chi connectivity index (χ0n) is 8.28. The van der Waals surface area contributed by atoms with Gasteiger partial charge in [-0.15, -0.1) is 0 Å². The molecule has 2 aromatic heterocycles. The molecule has 0 bridgehead atoms. The number of hydrogen-bond donors (Lipinski definition) is 1. The van der Waals surface area contributed by atoms with Crippen LogP contribution in [-0.2, 0) is 0 Å². The molecule has 0 fully saturated rings. The molecule has 0 saturated carbocycles. The van der Waals surface area contributed by atoms with Crippen LogP contribution in [-0.4, -0.2) is 20.5 Å². The van der Waals surface area contributed by atoms with Gasteiger partial charge < -0.3 is 5.11 Å². The average Bonchev–Trinajstić information content (AvgIpc) is 2.50. The Morgan fingerprint density at radius 1 is 1.47 bits per heavy atom. The molecule has 2 rings (SSSR count). The van der Waals surface area contributed by atoms with E-state index >= 15 is 0 Å². The van der Waals surface area contributed by atoms with Gasteiger partial charge in [-0.05, 0) is 26.0 Å². The molecule has 0 unspecified atom stereocenters. The van der Waals surface area contributed by atoms with Crippen molar-refractivity contribution in [2.75, 3.05) is 0 Å². The zero-order chi connectivity index (χ0) is 11.2. The Labute approximate surface area is 85.0 Å². The summed E-state index contributed by atoms with van der Waals surface area (Å²) >= 11 is 0.